The van der Waals surface area contributed by atoms with Gasteiger partial charge in [-0.2, -0.15) is 5.10 Å². The van der Waals surface area contributed by atoms with Gasteiger partial charge in [0.15, 0.2) is 11.6 Å². The van der Waals surface area contributed by atoms with E-state index in [0.717, 1.165) is 25.0 Å². The van der Waals surface area contributed by atoms with Gasteiger partial charge in [-0.15, -0.1) is 0 Å². The van der Waals surface area contributed by atoms with Crippen LogP contribution in [0.3, 0.4) is 0 Å². The Hall–Kier alpha value is -2.24. The summed E-state index contributed by atoms with van der Waals surface area (Å²) >= 11 is 0. The molecule has 0 spiro atoms. The number of carbonyl (C=O) groups is 1. The lowest BCUT2D eigenvalue weighted by molar-refractivity contribution is 0.0951. The van der Waals surface area contributed by atoms with Crippen LogP contribution in [0, 0.1) is 11.6 Å². The fourth-order valence-electron chi connectivity index (χ4n) is 2.76. The number of carbonyl (C=O) groups excluding carboxylic acids is 1. The Morgan fingerprint density at radius 3 is 2.86 bits per heavy atom. The van der Waals surface area contributed by atoms with Crippen LogP contribution in [0.1, 0.15) is 34.5 Å². The van der Waals surface area contributed by atoms with Crippen LogP contribution < -0.4 is 5.32 Å². The SMILES string of the molecule is O=C(NCCn1ncc2c1CCCC2)c1ccc(F)c(F)c1. The van der Waals surface area contributed by atoms with E-state index >= 15 is 0 Å². The van der Waals surface area contributed by atoms with Crippen molar-refractivity contribution in [2.75, 3.05) is 6.54 Å². The van der Waals surface area contributed by atoms with Crippen LogP contribution in [0.4, 0.5) is 8.78 Å². The third kappa shape index (κ3) is 3.00. The van der Waals surface area contributed by atoms with Gasteiger partial charge in [-0.05, 0) is 49.4 Å². The van der Waals surface area contributed by atoms with Crippen LogP contribution in [-0.2, 0) is 19.4 Å². The Labute approximate surface area is 127 Å². The molecule has 1 aliphatic rings. The van der Waals surface area contributed by atoms with Gasteiger partial charge in [0.1, 0.15) is 0 Å². The van der Waals surface area contributed by atoms with Crippen molar-refractivity contribution in [3.63, 3.8) is 0 Å². The molecular weight excluding hydrogens is 288 g/mol. The average Bonchev–Trinajstić information content (AvgIpc) is 2.93. The molecule has 0 aliphatic heterocycles. The number of aromatic nitrogens is 2. The summed E-state index contributed by atoms with van der Waals surface area (Å²) in [5, 5.41) is 7.05. The van der Waals surface area contributed by atoms with Crippen LogP contribution >= 0.6 is 0 Å². The summed E-state index contributed by atoms with van der Waals surface area (Å²) in [4.78, 5) is 11.9. The van der Waals surface area contributed by atoms with E-state index in [-0.39, 0.29) is 5.56 Å². The molecule has 116 valence electrons. The zero-order valence-electron chi connectivity index (χ0n) is 12.1. The molecule has 0 saturated heterocycles. The minimum atomic E-state index is -1.02. The first-order chi connectivity index (χ1) is 10.6. The monoisotopic (exact) mass is 305 g/mol. The fourth-order valence-corrected chi connectivity index (χ4v) is 2.76. The number of fused-ring (bicyclic) bond motifs is 1. The minimum Gasteiger partial charge on any atom is -0.350 e. The zero-order valence-corrected chi connectivity index (χ0v) is 12.1. The predicted octanol–water partition coefficient (Wildman–Crippen LogP) is 2.47. The maximum Gasteiger partial charge on any atom is 0.251 e. The molecule has 22 heavy (non-hydrogen) atoms. The van der Waals surface area contributed by atoms with E-state index in [1.807, 2.05) is 10.9 Å². The molecule has 0 atom stereocenters. The van der Waals surface area contributed by atoms with Crippen molar-refractivity contribution in [1.82, 2.24) is 15.1 Å². The molecule has 1 heterocycles. The highest BCUT2D eigenvalue weighted by Gasteiger charge is 2.15. The number of rotatable bonds is 4. The molecule has 1 aromatic heterocycles. The molecule has 2 aromatic rings. The molecule has 1 aliphatic carbocycles. The lowest BCUT2D eigenvalue weighted by atomic mass is 9.98. The molecule has 1 amide bonds. The lowest BCUT2D eigenvalue weighted by Gasteiger charge is -2.14. The van der Waals surface area contributed by atoms with E-state index in [2.05, 4.69) is 10.4 Å². The Kier molecular flexibility index (Phi) is 4.18. The topological polar surface area (TPSA) is 46.9 Å². The van der Waals surface area contributed by atoms with Crippen LogP contribution in [-0.4, -0.2) is 22.2 Å². The standard InChI is InChI=1S/C16H17F2N3O/c17-13-6-5-11(9-14(13)18)16(22)19-7-8-21-15-4-2-1-3-12(15)10-20-21/h5-6,9-10H,1-4,7-8H2,(H,19,22). The van der Waals surface area contributed by atoms with Gasteiger partial charge in [0.25, 0.3) is 5.91 Å². The van der Waals surface area contributed by atoms with Crippen molar-refractivity contribution in [1.29, 1.82) is 0 Å². The largest absolute Gasteiger partial charge is 0.350 e. The normalized spacial score (nSPS) is 13.7. The Balaban J connectivity index is 1.57. The molecule has 6 heteroatoms. The molecule has 1 N–H and O–H groups in total. The average molecular weight is 305 g/mol. The summed E-state index contributed by atoms with van der Waals surface area (Å²) in [5.41, 5.74) is 2.65. The first-order valence-electron chi connectivity index (χ1n) is 7.42. The number of benzene rings is 1. The first-order valence-corrected chi connectivity index (χ1v) is 7.42. The molecule has 4 nitrogen and oxygen atoms in total. The van der Waals surface area contributed by atoms with Gasteiger partial charge in [-0.1, -0.05) is 0 Å². The van der Waals surface area contributed by atoms with Gasteiger partial charge in [-0.3, -0.25) is 9.48 Å². The molecule has 0 fully saturated rings. The van der Waals surface area contributed by atoms with Crippen molar-refractivity contribution in [2.24, 2.45) is 0 Å². The van der Waals surface area contributed by atoms with E-state index in [0.29, 0.717) is 13.1 Å². The van der Waals surface area contributed by atoms with E-state index in [1.165, 1.54) is 30.2 Å². The third-order valence-electron chi connectivity index (χ3n) is 3.94. The van der Waals surface area contributed by atoms with Crippen molar-refractivity contribution < 1.29 is 13.6 Å². The number of amides is 1. The summed E-state index contributed by atoms with van der Waals surface area (Å²) < 4.78 is 27.9. The zero-order chi connectivity index (χ0) is 15.5. The smallest absolute Gasteiger partial charge is 0.251 e. The highest BCUT2D eigenvalue weighted by atomic mass is 19.2. The molecule has 0 radical (unpaired) electrons. The van der Waals surface area contributed by atoms with Gasteiger partial charge in [-0.25, -0.2) is 8.78 Å². The summed E-state index contributed by atoms with van der Waals surface area (Å²) in [6.45, 7) is 0.969. The van der Waals surface area contributed by atoms with Crippen molar-refractivity contribution >= 4 is 5.91 Å². The van der Waals surface area contributed by atoms with E-state index in [1.54, 1.807) is 0 Å². The van der Waals surface area contributed by atoms with Crippen LogP contribution in [0.2, 0.25) is 0 Å². The third-order valence-corrected chi connectivity index (χ3v) is 3.94. The number of hydrogen-bond acceptors (Lipinski definition) is 2. The van der Waals surface area contributed by atoms with E-state index < -0.39 is 17.5 Å². The first kappa shape index (κ1) is 14.7. The fraction of sp³-hybridized carbons (Fsp3) is 0.375. The molecule has 3 rings (SSSR count). The van der Waals surface area contributed by atoms with Crippen molar-refractivity contribution in [3.05, 3.63) is 52.9 Å². The summed E-state index contributed by atoms with van der Waals surface area (Å²) in [6.07, 6.45) is 6.35. The van der Waals surface area contributed by atoms with Gasteiger partial charge in [0.2, 0.25) is 0 Å². The molecule has 0 saturated carbocycles. The molecule has 1 aromatic carbocycles. The maximum atomic E-state index is 13.1. The quantitative estimate of drug-likeness (QED) is 0.943. The number of hydrogen-bond donors (Lipinski definition) is 1. The Morgan fingerprint density at radius 1 is 1.23 bits per heavy atom. The number of nitrogens with zero attached hydrogens (tertiary/aromatic N) is 2. The van der Waals surface area contributed by atoms with E-state index in [4.69, 9.17) is 0 Å². The van der Waals surface area contributed by atoms with Crippen molar-refractivity contribution in [3.8, 4) is 0 Å². The van der Waals surface area contributed by atoms with E-state index in [9.17, 15) is 13.6 Å². The second-order valence-corrected chi connectivity index (χ2v) is 5.43. The van der Waals surface area contributed by atoms with Crippen molar-refractivity contribution in [2.45, 2.75) is 32.2 Å². The van der Waals surface area contributed by atoms with Crippen LogP contribution in [0.25, 0.3) is 0 Å². The Bertz CT molecular complexity index is 697. The molecule has 0 bridgehead atoms. The van der Waals surface area contributed by atoms with Gasteiger partial charge in [0.05, 0.1) is 12.7 Å². The predicted molar refractivity (Wildman–Crippen MR) is 77.6 cm³/mol. The lowest BCUT2D eigenvalue weighted by Crippen LogP contribution is -2.28. The maximum absolute atomic E-state index is 13.1. The van der Waals surface area contributed by atoms with Crippen LogP contribution in [0.5, 0.6) is 0 Å². The number of aryl methyl sites for hydroxylation is 1. The summed E-state index contributed by atoms with van der Waals surface area (Å²) in [5.74, 6) is -2.39. The highest BCUT2D eigenvalue weighted by molar-refractivity contribution is 5.94. The Morgan fingerprint density at radius 2 is 2.05 bits per heavy atom. The second-order valence-electron chi connectivity index (χ2n) is 5.43. The summed E-state index contributed by atoms with van der Waals surface area (Å²) in [7, 11) is 0. The molecular formula is C16H17F2N3O. The number of halogens is 2. The summed E-state index contributed by atoms with van der Waals surface area (Å²) in [6, 6.07) is 3.12. The minimum absolute atomic E-state index is 0.112. The van der Waals surface area contributed by atoms with Gasteiger partial charge in [0, 0.05) is 17.8 Å². The molecule has 0 unspecified atom stereocenters. The van der Waals surface area contributed by atoms with Gasteiger partial charge < -0.3 is 5.32 Å². The number of nitrogens with one attached hydrogen (secondary N) is 1. The van der Waals surface area contributed by atoms with Crippen LogP contribution in [0.15, 0.2) is 24.4 Å². The second kappa shape index (κ2) is 6.25. The van der Waals surface area contributed by atoms with Gasteiger partial charge >= 0.3 is 0 Å². The highest BCUT2D eigenvalue weighted by Crippen LogP contribution is 2.20.